The number of carbonyl (C=O) groups is 1. The number of aldehydes is 1. The second-order valence-corrected chi connectivity index (χ2v) is 1.26. The van der Waals surface area contributed by atoms with Gasteiger partial charge in [0.25, 0.3) is 0 Å². The molecule has 38 valence electrons. The Kier molecular flexibility index (Phi) is 5.14. The molecule has 0 heterocycles. The number of halogens is 1. The van der Waals surface area contributed by atoms with Gasteiger partial charge in [-0.2, -0.15) is 0 Å². The van der Waals surface area contributed by atoms with Crippen molar-refractivity contribution in [1.82, 2.24) is 0 Å². The predicted molar refractivity (Wildman–Crippen MR) is 29.2 cm³/mol. The number of carbonyl (C=O) groups excluding carboxylic acids is 1. The Balaban J connectivity index is 3.07. The van der Waals surface area contributed by atoms with Gasteiger partial charge in [-0.25, -0.2) is 0 Å². The van der Waals surface area contributed by atoms with Gasteiger partial charge in [-0.05, 0) is 5.92 Å². The minimum absolute atomic E-state index is 0.501. The van der Waals surface area contributed by atoms with Crippen molar-refractivity contribution < 1.29 is 4.79 Å². The first-order valence-electron chi connectivity index (χ1n) is 1.90. The van der Waals surface area contributed by atoms with Gasteiger partial charge in [0, 0.05) is 12.3 Å². The maximum Gasteiger partial charge on any atom is 0.192 e. The SMILES string of the molecule is O=CC#CCCCl. The molecule has 0 radical (unpaired) electrons. The van der Waals surface area contributed by atoms with Crippen LogP contribution in [0.1, 0.15) is 6.42 Å². The second-order valence-electron chi connectivity index (χ2n) is 0.878. The maximum atomic E-state index is 9.46. The first-order chi connectivity index (χ1) is 3.41. The number of alkyl halides is 1. The van der Waals surface area contributed by atoms with E-state index >= 15 is 0 Å². The van der Waals surface area contributed by atoms with Crippen LogP contribution in [0, 0.1) is 11.8 Å². The van der Waals surface area contributed by atoms with E-state index in [1.54, 1.807) is 0 Å². The lowest BCUT2D eigenvalue weighted by Gasteiger charge is -1.69. The van der Waals surface area contributed by atoms with Crippen LogP contribution in [-0.4, -0.2) is 12.2 Å². The van der Waals surface area contributed by atoms with Crippen LogP contribution in [0.4, 0.5) is 0 Å². The van der Waals surface area contributed by atoms with Crippen LogP contribution in [0.2, 0.25) is 0 Å². The van der Waals surface area contributed by atoms with E-state index in [0.29, 0.717) is 18.6 Å². The van der Waals surface area contributed by atoms with Gasteiger partial charge in [-0.1, -0.05) is 5.92 Å². The van der Waals surface area contributed by atoms with Crippen molar-refractivity contribution in [2.75, 3.05) is 5.88 Å². The molecule has 0 rings (SSSR count). The van der Waals surface area contributed by atoms with Crippen LogP contribution >= 0.6 is 11.6 Å². The van der Waals surface area contributed by atoms with Gasteiger partial charge in [0.2, 0.25) is 0 Å². The highest BCUT2D eigenvalue weighted by Crippen LogP contribution is 1.77. The smallest absolute Gasteiger partial charge is 0.192 e. The van der Waals surface area contributed by atoms with Crippen LogP contribution < -0.4 is 0 Å². The molecule has 7 heavy (non-hydrogen) atoms. The third kappa shape index (κ3) is 5.52. The van der Waals surface area contributed by atoms with Crippen molar-refractivity contribution >= 4 is 17.9 Å². The summed E-state index contributed by atoms with van der Waals surface area (Å²) in [5.41, 5.74) is 0. The molecule has 0 aromatic carbocycles. The van der Waals surface area contributed by atoms with E-state index in [2.05, 4.69) is 11.8 Å². The first-order valence-corrected chi connectivity index (χ1v) is 2.43. The number of hydrogen-bond donors (Lipinski definition) is 0. The van der Waals surface area contributed by atoms with Gasteiger partial charge in [0.15, 0.2) is 6.29 Å². The second kappa shape index (κ2) is 5.52. The normalized spacial score (nSPS) is 6.43. The van der Waals surface area contributed by atoms with Crippen molar-refractivity contribution in [3.05, 3.63) is 0 Å². The number of rotatable bonds is 1. The molecule has 0 N–H and O–H groups in total. The Labute approximate surface area is 47.7 Å². The molecular formula is C5H5ClO. The van der Waals surface area contributed by atoms with Crippen LogP contribution in [-0.2, 0) is 4.79 Å². The first kappa shape index (κ1) is 6.52. The summed E-state index contributed by atoms with van der Waals surface area (Å²) in [7, 11) is 0. The zero-order valence-corrected chi connectivity index (χ0v) is 4.53. The minimum atomic E-state index is 0.501. The maximum absolute atomic E-state index is 9.46. The zero-order chi connectivity index (χ0) is 5.54. The Morgan fingerprint density at radius 3 is 2.86 bits per heavy atom. The largest absolute Gasteiger partial charge is 0.289 e. The molecule has 0 aromatic rings. The molecule has 0 aromatic heterocycles. The van der Waals surface area contributed by atoms with E-state index in [1.807, 2.05) is 0 Å². The van der Waals surface area contributed by atoms with E-state index < -0.39 is 0 Å². The summed E-state index contributed by atoms with van der Waals surface area (Å²) in [5, 5.41) is 0. The van der Waals surface area contributed by atoms with Crippen molar-refractivity contribution in [3.8, 4) is 11.8 Å². The standard InChI is InChI=1S/C5H5ClO/c6-4-2-1-3-5-7/h5H,2,4H2. The van der Waals surface area contributed by atoms with Crippen LogP contribution in [0.3, 0.4) is 0 Å². The van der Waals surface area contributed by atoms with Crippen LogP contribution in [0.5, 0.6) is 0 Å². The Bertz CT molecular complexity index is 98.4. The molecular weight excluding hydrogens is 112 g/mol. The third-order valence-electron chi connectivity index (χ3n) is 0.380. The van der Waals surface area contributed by atoms with E-state index in [1.165, 1.54) is 0 Å². The third-order valence-corrected chi connectivity index (χ3v) is 0.569. The summed E-state index contributed by atoms with van der Waals surface area (Å²) < 4.78 is 0. The summed E-state index contributed by atoms with van der Waals surface area (Å²) in [5.74, 6) is 5.27. The van der Waals surface area contributed by atoms with Crippen molar-refractivity contribution in [1.29, 1.82) is 0 Å². The summed E-state index contributed by atoms with van der Waals surface area (Å²) in [6, 6.07) is 0. The van der Waals surface area contributed by atoms with Gasteiger partial charge in [-0.15, -0.1) is 11.6 Å². The summed E-state index contributed by atoms with van der Waals surface area (Å²) in [6.45, 7) is 0. The van der Waals surface area contributed by atoms with E-state index in [-0.39, 0.29) is 0 Å². The molecule has 0 atom stereocenters. The molecule has 0 fully saturated rings. The van der Waals surface area contributed by atoms with Gasteiger partial charge >= 0.3 is 0 Å². The van der Waals surface area contributed by atoms with E-state index in [4.69, 9.17) is 11.6 Å². The monoisotopic (exact) mass is 116 g/mol. The summed E-state index contributed by atoms with van der Waals surface area (Å²) in [6.07, 6.45) is 1.16. The lowest BCUT2D eigenvalue weighted by Crippen LogP contribution is -1.66. The Morgan fingerprint density at radius 2 is 2.43 bits per heavy atom. The van der Waals surface area contributed by atoms with Gasteiger partial charge in [0.1, 0.15) is 0 Å². The van der Waals surface area contributed by atoms with Crippen molar-refractivity contribution in [2.24, 2.45) is 0 Å². The zero-order valence-electron chi connectivity index (χ0n) is 3.78. The predicted octanol–water partition coefficient (Wildman–Crippen LogP) is 0.818. The average Bonchev–Trinajstić information content (AvgIpc) is 1.69. The quantitative estimate of drug-likeness (QED) is 0.282. The highest BCUT2D eigenvalue weighted by molar-refractivity contribution is 6.18. The van der Waals surface area contributed by atoms with Gasteiger partial charge in [0.05, 0.1) is 0 Å². The van der Waals surface area contributed by atoms with Crippen molar-refractivity contribution in [3.63, 3.8) is 0 Å². The van der Waals surface area contributed by atoms with Gasteiger partial charge in [-0.3, -0.25) is 4.79 Å². The minimum Gasteiger partial charge on any atom is -0.289 e. The molecule has 0 saturated carbocycles. The van der Waals surface area contributed by atoms with Crippen LogP contribution in [0.25, 0.3) is 0 Å². The lowest BCUT2D eigenvalue weighted by molar-refractivity contribution is -0.103. The fourth-order valence-corrected chi connectivity index (χ4v) is 0.256. The highest BCUT2D eigenvalue weighted by atomic mass is 35.5. The fraction of sp³-hybridized carbons (Fsp3) is 0.400. The van der Waals surface area contributed by atoms with E-state index in [9.17, 15) is 4.79 Å². The molecule has 0 aliphatic rings. The van der Waals surface area contributed by atoms with Crippen molar-refractivity contribution in [2.45, 2.75) is 6.42 Å². The van der Waals surface area contributed by atoms with Gasteiger partial charge < -0.3 is 0 Å². The molecule has 0 spiro atoms. The molecule has 0 amide bonds. The lowest BCUT2D eigenvalue weighted by atomic mass is 10.5. The molecule has 1 nitrogen and oxygen atoms in total. The van der Waals surface area contributed by atoms with Crippen LogP contribution in [0.15, 0.2) is 0 Å². The highest BCUT2D eigenvalue weighted by Gasteiger charge is 1.67. The molecule has 0 saturated heterocycles. The Morgan fingerprint density at radius 1 is 1.71 bits per heavy atom. The molecule has 0 bridgehead atoms. The summed E-state index contributed by atoms with van der Waals surface area (Å²) in [4.78, 5) is 9.46. The molecule has 0 aliphatic carbocycles. The van der Waals surface area contributed by atoms with E-state index in [0.717, 1.165) is 0 Å². The molecule has 0 aliphatic heterocycles. The summed E-state index contributed by atoms with van der Waals surface area (Å²) >= 11 is 5.22. The topological polar surface area (TPSA) is 17.1 Å². The molecule has 2 heteroatoms. The number of hydrogen-bond acceptors (Lipinski definition) is 1. The fourth-order valence-electron chi connectivity index (χ4n) is 0.161. The Hall–Kier alpha value is -0.480. The molecule has 0 unspecified atom stereocenters. The average molecular weight is 117 g/mol.